The Morgan fingerprint density at radius 2 is 2.06 bits per heavy atom. The summed E-state index contributed by atoms with van der Waals surface area (Å²) in [5.74, 6) is 0. The topological polar surface area (TPSA) is 33.1 Å². The van der Waals surface area contributed by atoms with Gasteiger partial charge >= 0.3 is 0 Å². The number of fused-ring (bicyclic) bond motifs is 1. The Morgan fingerprint density at radius 1 is 1.31 bits per heavy atom. The van der Waals surface area contributed by atoms with Crippen LogP contribution < -0.4 is 0 Å². The first-order chi connectivity index (χ1) is 7.52. The Bertz CT molecular complexity index is 496. The number of benzene rings is 1. The molecule has 1 heterocycles. The number of aliphatic hydroxyl groups excluding tert-OH is 1. The Balaban J connectivity index is 2.57. The van der Waals surface area contributed by atoms with Crippen molar-refractivity contribution < 1.29 is 5.11 Å². The van der Waals surface area contributed by atoms with Crippen LogP contribution in [0.2, 0.25) is 0 Å². The van der Waals surface area contributed by atoms with Crippen molar-refractivity contribution >= 4 is 21.6 Å². The van der Waals surface area contributed by atoms with Crippen LogP contribution in [0.4, 0.5) is 0 Å². The van der Waals surface area contributed by atoms with Crippen molar-refractivity contribution in [3.8, 4) is 0 Å². The highest BCUT2D eigenvalue weighted by molar-refractivity contribution is 7.18. The number of para-hydroxylation sites is 1. The van der Waals surface area contributed by atoms with Crippen molar-refractivity contribution in [3.05, 3.63) is 28.8 Å². The largest absolute Gasteiger partial charge is 0.396 e. The second-order valence-corrected chi connectivity index (χ2v) is 6.04. The van der Waals surface area contributed by atoms with Gasteiger partial charge in [-0.1, -0.05) is 32.9 Å². The molecule has 0 aliphatic heterocycles. The third-order valence-corrected chi connectivity index (χ3v) is 3.97. The van der Waals surface area contributed by atoms with E-state index in [4.69, 9.17) is 10.1 Å². The molecule has 1 N–H and O–H groups in total. The highest BCUT2D eigenvalue weighted by Crippen LogP contribution is 2.32. The van der Waals surface area contributed by atoms with E-state index in [0.717, 1.165) is 16.1 Å². The molecule has 2 aromatic rings. The lowest BCUT2D eigenvalue weighted by atomic mass is 9.98. The summed E-state index contributed by atoms with van der Waals surface area (Å²) in [6.07, 6.45) is 0.685. The van der Waals surface area contributed by atoms with E-state index >= 15 is 0 Å². The number of thiazole rings is 1. The monoisotopic (exact) mass is 235 g/mol. The first kappa shape index (κ1) is 11.6. The number of hydrogen-bond acceptors (Lipinski definition) is 3. The van der Waals surface area contributed by atoms with Crippen LogP contribution in [0.25, 0.3) is 10.2 Å². The summed E-state index contributed by atoms with van der Waals surface area (Å²) in [6.45, 7) is 6.71. The fraction of sp³-hybridized carbons (Fsp3) is 0.462. The van der Waals surface area contributed by atoms with Crippen LogP contribution in [0, 0.1) is 0 Å². The van der Waals surface area contributed by atoms with Gasteiger partial charge in [0.15, 0.2) is 0 Å². The molecule has 0 spiro atoms. The predicted octanol–water partition coefficient (Wildman–Crippen LogP) is 3.13. The van der Waals surface area contributed by atoms with Gasteiger partial charge in [-0.05, 0) is 18.1 Å². The Morgan fingerprint density at radius 3 is 2.69 bits per heavy atom. The van der Waals surface area contributed by atoms with Gasteiger partial charge in [0.2, 0.25) is 0 Å². The van der Waals surface area contributed by atoms with Gasteiger partial charge in [-0.3, -0.25) is 0 Å². The zero-order valence-corrected chi connectivity index (χ0v) is 10.8. The lowest BCUT2D eigenvalue weighted by Gasteiger charge is -2.13. The summed E-state index contributed by atoms with van der Waals surface area (Å²) >= 11 is 1.75. The molecule has 1 aromatic carbocycles. The molecule has 0 atom stereocenters. The molecule has 0 saturated heterocycles. The molecule has 86 valence electrons. The third-order valence-electron chi connectivity index (χ3n) is 2.53. The molecule has 2 rings (SSSR count). The molecule has 0 bridgehead atoms. The van der Waals surface area contributed by atoms with Gasteiger partial charge < -0.3 is 5.11 Å². The minimum atomic E-state index is 0.0974. The molecule has 0 amide bonds. The van der Waals surface area contributed by atoms with Gasteiger partial charge in [-0.2, -0.15) is 0 Å². The molecule has 0 unspecified atom stereocenters. The van der Waals surface area contributed by atoms with Gasteiger partial charge in [-0.25, -0.2) is 4.98 Å². The van der Waals surface area contributed by atoms with Gasteiger partial charge in [0.05, 0.1) is 15.2 Å². The van der Waals surface area contributed by atoms with Gasteiger partial charge in [0.1, 0.15) is 0 Å². The van der Waals surface area contributed by atoms with E-state index in [-0.39, 0.29) is 12.0 Å². The first-order valence-electron chi connectivity index (χ1n) is 5.52. The predicted molar refractivity (Wildman–Crippen MR) is 69.1 cm³/mol. The second-order valence-electron chi connectivity index (χ2n) is 5.01. The van der Waals surface area contributed by atoms with Crippen molar-refractivity contribution in [1.29, 1.82) is 0 Å². The van der Waals surface area contributed by atoms with E-state index in [1.165, 1.54) is 4.70 Å². The van der Waals surface area contributed by atoms with E-state index in [2.05, 4.69) is 26.8 Å². The first-order valence-corrected chi connectivity index (χ1v) is 6.34. The highest BCUT2D eigenvalue weighted by atomic mass is 32.1. The summed E-state index contributed by atoms with van der Waals surface area (Å²) in [5.41, 5.74) is 2.30. The fourth-order valence-electron chi connectivity index (χ4n) is 1.65. The van der Waals surface area contributed by atoms with E-state index in [1.54, 1.807) is 11.3 Å². The van der Waals surface area contributed by atoms with Crippen molar-refractivity contribution in [3.63, 3.8) is 0 Å². The molecule has 0 fully saturated rings. The summed E-state index contributed by atoms with van der Waals surface area (Å²) in [6, 6.07) is 6.19. The van der Waals surface area contributed by atoms with Crippen LogP contribution in [-0.4, -0.2) is 16.7 Å². The van der Waals surface area contributed by atoms with Crippen LogP contribution in [0.3, 0.4) is 0 Å². The maximum Gasteiger partial charge on any atom is 0.0992 e. The second kappa shape index (κ2) is 4.15. The quantitative estimate of drug-likeness (QED) is 0.867. The number of aromatic nitrogens is 1. The molecule has 3 heteroatoms. The number of nitrogens with zero attached hydrogens (tertiary/aromatic N) is 1. The maximum absolute atomic E-state index is 9.02. The minimum absolute atomic E-state index is 0.0974. The van der Waals surface area contributed by atoms with E-state index in [1.807, 2.05) is 12.1 Å². The van der Waals surface area contributed by atoms with E-state index in [9.17, 15) is 0 Å². The zero-order chi connectivity index (χ0) is 11.8. The molecule has 0 aliphatic rings. The standard InChI is InChI=1S/C13H17NOS/c1-13(2,3)12-14-11-9(7-8-15)5-4-6-10(11)16-12/h4-6,15H,7-8H2,1-3H3. The molecule has 0 saturated carbocycles. The van der Waals surface area contributed by atoms with Crippen LogP contribution >= 0.6 is 11.3 Å². The SMILES string of the molecule is CC(C)(C)c1nc2c(CCO)cccc2s1. The van der Waals surface area contributed by atoms with Gasteiger partial charge in [-0.15, -0.1) is 11.3 Å². The Kier molecular flexibility index (Phi) is 3.00. The number of hydrogen-bond donors (Lipinski definition) is 1. The molecule has 0 radical (unpaired) electrons. The van der Waals surface area contributed by atoms with Crippen LogP contribution in [0.1, 0.15) is 31.3 Å². The van der Waals surface area contributed by atoms with Gasteiger partial charge in [0.25, 0.3) is 0 Å². The van der Waals surface area contributed by atoms with Gasteiger partial charge in [0, 0.05) is 12.0 Å². The van der Waals surface area contributed by atoms with Crippen molar-refractivity contribution in [1.82, 2.24) is 4.98 Å². The molecular weight excluding hydrogens is 218 g/mol. The highest BCUT2D eigenvalue weighted by Gasteiger charge is 2.19. The average Bonchev–Trinajstić information content (AvgIpc) is 2.62. The lowest BCUT2D eigenvalue weighted by Crippen LogP contribution is -2.10. The third kappa shape index (κ3) is 2.11. The maximum atomic E-state index is 9.02. The summed E-state index contributed by atoms with van der Waals surface area (Å²) in [5, 5.41) is 10.2. The summed E-state index contributed by atoms with van der Waals surface area (Å²) in [7, 11) is 0. The van der Waals surface area contributed by atoms with Crippen LogP contribution in [-0.2, 0) is 11.8 Å². The number of rotatable bonds is 2. The van der Waals surface area contributed by atoms with Crippen LogP contribution in [0.5, 0.6) is 0 Å². The number of aliphatic hydroxyl groups is 1. The minimum Gasteiger partial charge on any atom is -0.396 e. The van der Waals surface area contributed by atoms with Crippen molar-refractivity contribution in [2.75, 3.05) is 6.61 Å². The smallest absolute Gasteiger partial charge is 0.0992 e. The molecule has 2 nitrogen and oxygen atoms in total. The Labute approximate surface area is 100.0 Å². The fourth-order valence-corrected chi connectivity index (χ4v) is 2.72. The molecule has 16 heavy (non-hydrogen) atoms. The molecular formula is C13H17NOS. The van der Waals surface area contributed by atoms with E-state index < -0.39 is 0 Å². The molecule has 0 aliphatic carbocycles. The Hall–Kier alpha value is -0.930. The zero-order valence-electron chi connectivity index (χ0n) is 9.95. The van der Waals surface area contributed by atoms with Crippen LogP contribution in [0.15, 0.2) is 18.2 Å². The molecule has 1 aromatic heterocycles. The van der Waals surface area contributed by atoms with E-state index in [0.29, 0.717) is 6.42 Å². The summed E-state index contributed by atoms with van der Waals surface area (Å²) < 4.78 is 1.22. The normalized spacial score (nSPS) is 12.2. The average molecular weight is 235 g/mol. The summed E-state index contributed by atoms with van der Waals surface area (Å²) in [4.78, 5) is 4.71. The van der Waals surface area contributed by atoms with Crippen molar-refractivity contribution in [2.24, 2.45) is 0 Å². The lowest BCUT2D eigenvalue weighted by molar-refractivity contribution is 0.300. The van der Waals surface area contributed by atoms with Crippen molar-refractivity contribution in [2.45, 2.75) is 32.6 Å².